The van der Waals surface area contributed by atoms with Crippen molar-refractivity contribution in [3.05, 3.63) is 35.2 Å². The highest BCUT2D eigenvalue weighted by molar-refractivity contribution is 5.90. The number of hydrogen-bond acceptors (Lipinski definition) is 6. The van der Waals surface area contributed by atoms with E-state index < -0.39 is 23.2 Å². The third-order valence-electron chi connectivity index (χ3n) is 2.19. The molecule has 2 rings (SSSR count). The molecule has 2 aromatic rings. The molecule has 0 aliphatic rings. The molecule has 0 atom stereocenters. The third kappa shape index (κ3) is 2.81. The van der Waals surface area contributed by atoms with Gasteiger partial charge in [0.05, 0.1) is 18.3 Å². The van der Waals surface area contributed by atoms with Crippen LogP contribution in [0.3, 0.4) is 0 Å². The molecule has 0 fully saturated rings. The molecule has 19 heavy (non-hydrogen) atoms. The molecule has 1 heterocycles. The van der Waals surface area contributed by atoms with Crippen molar-refractivity contribution in [1.82, 2.24) is 20.2 Å². The number of hydrogen-bond donors (Lipinski definition) is 1. The number of nitrogens with two attached hydrogens (primary N) is 1. The summed E-state index contributed by atoms with van der Waals surface area (Å²) in [6.45, 7) is -0.294. The van der Waals surface area contributed by atoms with E-state index in [1.54, 1.807) is 0 Å². The Bertz CT molecular complexity index is 628. The highest BCUT2D eigenvalue weighted by Gasteiger charge is 2.17. The van der Waals surface area contributed by atoms with Gasteiger partial charge in [-0.05, 0) is 11.3 Å². The van der Waals surface area contributed by atoms with Crippen LogP contribution < -0.4 is 5.73 Å². The molecule has 0 unspecified atom stereocenters. The van der Waals surface area contributed by atoms with Gasteiger partial charge in [0, 0.05) is 6.07 Å². The highest BCUT2D eigenvalue weighted by atomic mass is 19.1. The molecule has 1 aromatic carbocycles. The fraction of sp³-hybridized carbons (Fsp3) is 0.200. The Balaban J connectivity index is 2.10. The summed E-state index contributed by atoms with van der Waals surface area (Å²) in [5.41, 5.74) is 4.23. The van der Waals surface area contributed by atoms with Gasteiger partial charge in [-0.3, -0.25) is 0 Å². The van der Waals surface area contributed by atoms with E-state index in [9.17, 15) is 13.6 Å². The number of aryl methyl sites for hydroxylation is 1. The zero-order chi connectivity index (χ0) is 14.0. The van der Waals surface area contributed by atoms with Crippen LogP contribution in [-0.4, -0.2) is 26.2 Å². The van der Waals surface area contributed by atoms with Crippen molar-refractivity contribution < 1.29 is 18.3 Å². The van der Waals surface area contributed by atoms with Gasteiger partial charge in [-0.25, -0.2) is 13.6 Å². The number of carbonyl (C=O) groups excluding carboxylic acids is 1. The van der Waals surface area contributed by atoms with Crippen molar-refractivity contribution in [2.75, 3.05) is 5.73 Å². The van der Waals surface area contributed by atoms with Gasteiger partial charge >= 0.3 is 5.97 Å². The minimum absolute atomic E-state index is 0.146. The molecule has 1 aromatic heterocycles. The predicted octanol–water partition coefficient (Wildman–Crippen LogP) is 0.427. The largest absolute Gasteiger partial charge is 0.454 e. The Morgan fingerprint density at radius 2 is 2.16 bits per heavy atom. The lowest BCUT2D eigenvalue weighted by atomic mass is 10.2. The van der Waals surface area contributed by atoms with Gasteiger partial charge in [0.2, 0.25) is 5.82 Å². The number of ether oxygens (including phenoxy) is 1. The van der Waals surface area contributed by atoms with Crippen LogP contribution in [0.4, 0.5) is 14.5 Å². The molecule has 100 valence electrons. The van der Waals surface area contributed by atoms with Crippen LogP contribution in [0.1, 0.15) is 16.2 Å². The molecular weight excluding hydrogens is 260 g/mol. The molecule has 2 N–H and O–H groups in total. The van der Waals surface area contributed by atoms with E-state index in [-0.39, 0.29) is 18.1 Å². The van der Waals surface area contributed by atoms with E-state index in [0.29, 0.717) is 12.1 Å². The highest BCUT2D eigenvalue weighted by Crippen LogP contribution is 2.17. The number of nitrogens with zero attached hydrogens (tertiary/aromatic N) is 4. The Morgan fingerprint density at radius 1 is 1.42 bits per heavy atom. The number of nitrogen functional groups attached to an aromatic ring is 1. The van der Waals surface area contributed by atoms with E-state index in [1.807, 2.05) is 0 Å². The average molecular weight is 269 g/mol. The number of tetrazole rings is 1. The van der Waals surface area contributed by atoms with Crippen LogP contribution >= 0.6 is 0 Å². The van der Waals surface area contributed by atoms with Gasteiger partial charge in [0.1, 0.15) is 11.6 Å². The maximum Gasteiger partial charge on any atom is 0.341 e. The first-order valence-corrected chi connectivity index (χ1v) is 5.12. The maximum absolute atomic E-state index is 13.4. The second-order valence-corrected chi connectivity index (χ2v) is 3.62. The summed E-state index contributed by atoms with van der Waals surface area (Å²) in [7, 11) is 1.54. The van der Waals surface area contributed by atoms with E-state index in [4.69, 9.17) is 10.5 Å². The van der Waals surface area contributed by atoms with Crippen LogP contribution in [0.5, 0.6) is 0 Å². The van der Waals surface area contributed by atoms with Crippen LogP contribution in [0.15, 0.2) is 12.1 Å². The standard InChI is InChI=1S/C10H9F2N5O2/c1-17-15-9(14-16-17)4-19-10(18)5-2-7(12)8(13)3-6(5)11/h2-3H,4,13H2,1H3. The van der Waals surface area contributed by atoms with E-state index in [2.05, 4.69) is 15.4 Å². The lowest BCUT2D eigenvalue weighted by Gasteiger charge is -2.05. The number of aromatic nitrogens is 4. The lowest BCUT2D eigenvalue weighted by molar-refractivity contribution is 0.0456. The monoisotopic (exact) mass is 269 g/mol. The van der Waals surface area contributed by atoms with Crippen molar-refractivity contribution in [1.29, 1.82) is 0 Å². The Labute approximate surface area is 106 Å². The number of halogens is 2. The summed E-state index contributed by atoms with van der Waals surface area (Å²) in [4.78, 5) is 12.7. The van der Waals surface area contributed by atoms with Gasteiger partial charge in [0.15, 0.2) is 6.61 Å². The molecule has 0 saturated heterocycles. The first kappa shape index (κ1) is 12.9. The van der Waals surface area contributed by atoms with Gasteiger partial charge in [-0.2, -0.15) is 4.80 Å². The summed E-state index contributed by atoms with van der Waals surface area (Å²) < 4.78 is 31.3. The van der Waals surface area contributed by atoms with Crippen molar-refractivity contribution in [3.63, 3.8) is 0 Å². The van der Waals surface area contributed by atoms with Crippen LogP contribution in [-0.2, 0) is 18.4 Å². The molecular formula is C10H9F2N5O2. The summed E-state index contributed by atoms with van der Waals surface area (Å²) in [5, 5.41) is 10.9. The lowest BCUT2D eigenvalue weighted by Crippen LogP contribution is -2.10. The van der Waals surface area contributed by atoms with E-state index in [0.717, 1.165) is 0 Å². The molecule has 0 spiro atoms. The van der Waals surface area contributed by atoms with Crippen molar-refractivity contribution in [2.24, 2.45) is 7.05 Å². The molecule has 7 nitrogen and oxygen atoms in total. The minimum Gasteiger partial charge on any atom is -0.454 e. The van der Waals surface area contributed by atoms with Crippen LogP contribution in [0.25, 0.3) is 0 Å². The number of anilines is 1. The first-order chi connectivity index (χ1) is 8.97. The molecule has 0 saturated carbocycles. The van der Waals surface area contributed by atoms with Gasteiger partial charge in [0.25, 0.3) is 0 Å². The number of benzene rings is 1. The topological polar surface area (TPSA) is 95.9 Å². The Kier molecular flexibility index (Phi) is 3.36. The molecule has 0 aliphatic carbocycles. The maximum atomic E-state index is 13.4. The normalized spacial score (nSPS) is 10.5. The molecule has 9 heteroatoms. The molecule has 0 amide bonds. The first-order valence-electron chi connectivity index (χ1n) is 5.12. The zero-order valence-corrected chi connectivity index (χ0v) is 9.80. The minimum atomic E-state index is -1.04. The van der Waals surface area contributed by atoms with Gasteiger partial charge < -0.3 is 10.5 Å². The Hall–Kier alpha value is -2.58. The molecule has 0 bridgehead atoms. The average Bonchev–Trinajstić information content (AvgIpc) is 2.77. The fourth-order valence-electron chi connectivity index (χ4n) is 1.31. The second-order valence-electron chi connectivity index (χ2n) is 3.62. The number of rotatable bonds is 3. The quantitative estimate of drug-likeness (QED) is 0.641. The Morgan fingerprint density at radius 3 is 2.79 bits per heavy atom. The molecule has 0 aliphatic heterocycles. The fourth-order valence-corrected chi connectivity index (χ4v) is 1.31. The van der Waals surface area contributed by atoms with Crippen LogP contribution in [0.2, 0.25) is 0 Å². The van der Waals surface area contributed by atoms with E-state index in [1.165, 1.54) is 11.8 Å². The van der Waals surface area contributed by atoms with Gasteiger partial charge in [-0.15, -0.1) is 10.2 Å². The van der Waals surface area contributed by atoms with Crippen molar-refractivity contribution in [3.8, 4) is 0 Å². The summed E-state index contributed by atoms with van der Waals surface area (Å²) in [6.07, 6.45) is 0. The second kappa shape index (κ2) is 4.96. The van der Waals surface area contributed by atoms with Gasteiger partial charge in [-0.1, -0.05) is 0 Å². The smallest absolute Gasteiger partial charge is 0.341 e. The molecule has 0 radical (unpaired) electrons. The zero-order valence-electron chi connectivity index (χ0n) is 9.80. The third-order valence-corrected chi connectivity index (χ3v) is 2.19. The number of carbonyl (C=O) groups is 1. The number of esters is 1. The summed E-state index contributed by atoms with van der Waals surface area (Å²) >= 11 is 0. The summed E-state index contributed by atoms with van der Waals surface area (Å²) in [5.74, 6) is -2.75. The van der Waals surface area contributed by atoms with Crippen molar-refractivity contribution in [2.45, 2.75) is 6.61 Å². The van der Waals surface area contributed by atoms with Crippen molar-refractivity contribution >= 4 is 11.7 Å². The SMILES string of the molecule is Cn1nnc(COC(=O)c2cc(F)c(N)cc2F)n1. The van der Waals surface area contributed by atoms with Crippen LogP contribution in [0, 0.1) is 11.6 Å². The summed E-state index contributed by atoms with van der Waals surface area (Å²) in [6, 6.07) is 1.39. The predicted molar refractivity (Wildman–Crippen MR) is 58.7 cm³/mol. The van der Waals surface area contributed by atoms with E-state index >= 15 is 0 Å².